The summed E-state index contributed by atoms with van der Waals surface area (Å²) in [6.45, 7) is 2.41. The number of nitrogens with one attached hydrogen (secondary N) is 1. The molecule has 1 amide bonds. The molecule has 1 rings (SSSR count). The summed E-state index contributed by atoms with van der Waals surface area (Å²) in [6.07, 6.45) is -4.15. The SMILES string of the molecule is CCO[C@H]1C=C(C(=O)O)O[C@@H]([C@H](O)[C@H](O)CO)[C@@H]1NC(C)=O. The van der Waals surface area contributed by atoms with Crippen LogP contribution in [0.5, 0.6) is 0 Å². The molecule has 0 saturated heterocycles. The summed E-state index contributed by atoms with van der Waals surface area (Å²) in [5, 5.41) is 40.1. The van der Waals surface area contributed by atoms with Crippen LogP contribution < -0.4 is 5.32 Å². The van der Waals surface area contributed by atoms with Crippen LogP contribution in [-0.4, -0.2) is 76.0 Å². The van der Waals surface area contributed by atoms with Gasteiger partial charge in [0.15, 0.2) is 6.10 Å². The van der Waals surface area contributed by atoms with Gasteiger partial charge in [-0.3, -0.25) is 4.79 Å². The topological polar surface area (TPSA) is 146 Å². The summed E-state index contributed by atoms with van der Waals surface area (Å²) < 4.78 is 10.5. The fraction of sp³-hybridized carbons (Fsp3) is 0.692. The van der Waals surface area contributed by atoms with Crippen LogP contribution in [0.15, 0.2) is 11.8 Å². The van der Waals surface area contributed by atoms with Gasteiger partial charge < -0.3 is 35.2 Å². The highest BCUT2D eigenvalue weighted by atomic mass is 16.5. The second-order valence-electron chi connectivity index (χ2n) is 4.81. The minimum absolute atomic E-state index is 0.232. The van der Waals surface area contributed by atoms with E-state index >= 15 is 0 Å². The molecule has 5 N–H and O–H groups in total. The van der Waals surface area contributed by atoms with Crippen molar-refractivity contribution in [3.63, 3.8) is 0 Å². The average Bonchev–Trinajstić information content (AvgIpc) is 2.46. The number of hydrogen-bond donors (Lipinski definition) is 5. The Hall–Kier alpha value is -1.68. The summed E-state index contributed by atoms with van der Waals surface area (Å²) in [5.74, 6) is -2.28. The lowest BCUT2D eigenvalue weighted by Crippen LogP contribution is -2.60. The predicted molar refractivity (Wildman–Crippen MR) is 72.7 cm³/mol. The van der Waals surface area contributed by atoms with E-state index in [9.17, 15) is 19.8 Å². The molecule has 0 fully saturated rings. The van der Waals surface area contributed by atoms with Crippen LogP contribution in [0.25, 0.3) is 0 Å². The lowest BCUT2D eigenvalue weighted by atomic mass is 9.93. The third kappa shape index (κ3) is 4.41. The molecule has 0 aliphatic carbocycles. The first kappa shape index (κ1) is 18.4. The lowest BCUT2D eigenvalue weighted by Gasteiger charge is -2.39. The summed E-state index contributed by atoms with van der Waals surface area (Å²) in [7, 11) is 0. The molecule has 0 spiro atoms. The van der Waals surface area contributed by atoms with Gasteiger partial charge in [-0.1, -0.05) is 0 Å². The molecule has 1 aliphatic rings. The van der Waals surface area contributed by atoms with Crippen molar-refractivity contribution < 1.29 is 39.5 Å². The standard InChI is InChI=1S/C13H21NO8/c1-3-21-8-4-9(13(19)20)22-12(10(8)14-6(2)16)11(18)7(17)5-15/h4,7-8,10-12,15,17-18H,3,5H2,1-2H3,(H,14,16)(H,19,20)/t7-,8+,10-,11-,12-/m1/s1. The first-order chi connectivity index (χ1) is 10.3. The van der Waals surface area contributed by atoms with Crippen molar-refractivity contribution in [2.24, 2.45) is 0 Å². The zero-order valence-electron chi connectivity index (χ0n) is 12.3. The molecule has 126 valence electrons. The smallest absolute Gasteiger partial charge is 0.370 e. The average molecular weight is 319 g/mol. The van der Waals surface area contributed by atoms with E-state index in [0.717, 1.165) is 0 Å². The van der Waals surface area contributed by atoms with E-state index in [-0.39, 0.29) is 6.61 Å². The number of carboxylic acids is 1. The van der Waals surface area contributed by atoms with E-state index in [1.807, 2.05) is 0 Å². The van der Waals surface area contributed by atoms with Crippen molar-refractivity contribution in [3.8, 4) is 0 Å². The monoisotopic (exact) mass is 319 g/mol. The number of carbonyl (C=O) groups is 2. The van der Waals surface area contributed by atoms with Gasteiger partial charge in [0, 0.05) is 13.5 Å². The minimum atomic E-state index is -1.62. The third-order valence-corrected chi connectivity index (χ3v) is 3.14. The van der Waals surface area contributed by atoms with Crippen molar-refractivity contribution in [1.82, 2.24) is 5.32 Å². The molecule has 1 aliphatic heterocycles. The van der Waals surface area contributed by atoms with Gasteiger partial charge in [0.05, 0.1) is 12.6 Å². The van der Waals surface area contributed by atoms with Gasteiger partial charge in [-0.15, -0.1) is 0 Å². The number of carbonyl (C=O) groups excluding carboxylic acids is 1. The Labute approximate surface area is 127 Å². The maximum atomic E-state index is 11.3. The van der Waals surface area contributed by atoms with Crippen LogP contribution in [-0.2, 0) is 19.1 Å². The quantitative estimate of drug-likeness (QED) is 0.361. The summed E-state index contributed by atoms with van der Waals surface area (Å²) in [5.41, 5.74) is 0. The van der Waals surface area contributed by atoms with Crippen LogP contribution in [0.1, 0.15) is 13.8 Å². The number of rotatable bonds is 7. The van der Waals surface area contributed by atoms with Gasteiger partial charge in [-0.05, 0) is 13.0 Å². The zero-order chi connectivity index (χ0) is 16.9. The predicted octanol–water partition coefficient (Wildman–Crippen LogP) is -2.02. The fourth-order valence-electron chi connectivity index (χ4n) is 2.17. The van der Waals surface area contributed by atoms with E-state index < -0.39 is 54.7 Å². The van der Waals surface area contributed by atoms with Crippen LogP contribution >= 0.6 is 0 Å². The van der Waals surface area contributed by atoms with Crippen LogP contribution in [0.3, 0.4) is 0 Å². The first-order valence-electron chi connectivity index (χ1n) is 6.79. The number of amides is 1. The highest BCUT2D eigenvalue weighted by Gasteiger charge is 2.43. The molecule has 0 unspecified atom stereocenters. The van der Waals surface area contributed by atoms with Crippen LogP contribution in [0.4, 0.5) is 0 Å². The van der Waals surface area contributed by atoms with Gasteiger partial charge in [0.2, 0.25) is 11.7 Å². The Bertz CT molecular complexity index is 438. The first-order valence-corrected chi connectivity index (χ1v) is 6.79. The second-order valence-corrected chi connectivity index (χ2v) is 4.81. The van der Waals surface area contributed by atoms with E-state index in [2.05, 4.69) is 5.32 Å². The molecule has 0 saturated carbocycles. The van der Waals surface area contributed by atoms with E-state index in [0.29, 0.717) is 0 Å². The normalized spacial score (nSPS) is 27.3. The molecule has 0 bridgehead atoms. The summed E-state index contributed by atoms with van der Waals surface area (Å²) in [6, 6.07) is -0.920. The highest BCUT2D eigenvalue weighted by Crippen LogP contribution is 2.24. The Kier molecular flexibility index (Phi) is 6.75. The molecule has 9 nitrogen and oxygen atoms in total. The molecule has 0 radical (unpaired) electrons. The Morgan fingerprint density at radius 3 is 2.55 bits per heavy atom. The van der Waals surface area contributed by atoms with E-state index in [1.54, 1.807) is 6.92 Å². The van der Waals surface area contributed by atoms with Crippen molar-refractivity contribution in [2.45, 2.75) is 44.3 Å². The van der Waals surface area contributed by atoms with Gasteiger partial charge in [0.1, 0.15) is 18.3 Å². The van der Waals surface area contributed by atoms with Crippen molar-refractivity contribution in [3.05, 3.63) is 11.8 Å². The zero-order valence-corrected chi connectivity index (χ0v) is 12.3. The number of aliphatic hydroxyl groups excluding tert-OH is 3. The van der Waals surface area contributed by atoms with Crippen LogP contribution in [0.2, 0.25) is 0 Å². The highest BCUT2D eigenvalue weighted by molar-refractivity contribution is 5.84. The molecule has 5 atom stereocenters. The molecule has 0 aromatic carbocycles. The number of aliphatic hydroxyl groups is 3. The largest absolute Gasteiger partial charge is 0.478 e. The second kappa shape index (κ2) is 8.08. The maximum absolute atomic E-state index is 11.3. The van der Waals surface area contributed by atoms with Gasteiger partial charge >= 0.3 is 5.97 Å². The van der Waals surface area contributed by atoms with Gasteiger partial charge in [0.25, 0.3) is 0 Å². The molecule has 22 heavy (non-hydrogen) atoms. The summed E-state index contributed by atoms with van der Waals surface area (Å²) in [4.78, 5) is 22.4. The lowest BCUT2D eigenvalue weighted by molar-refractivity contribution is -0.151. The minimum Gasteiger partial charge on any atom is -0.478 e. The number of ether oxygens (including phenoxy) is 2. The number of aliphatic carboxylic acids is 1. The number of carboxylic acid groups (broad SMARTS) is 1. The fourth-order valence-corrected chi connectivity index (χ4v) is 2.17. The maximum Gasteiger partial charge on any atom is 0.370 e. The van der Waals surface area contributed by atoms with Crippen molar-refractivity contribution >= 4 is 11.9 Å². The molecular formula is C13H21NO8. The molecule has 0 aromatic heterocycles. The Balaban J connectivity index is 3.15. The van der Waals surface area contributed by atoms with Gasteiger partial charge in [-0.2, -0.15) is 0 Å². The van der Waals surface area contributed by atoms with Crippen LogP contribution in [0, 0.1) is 0 Å². The third-order valence-electron chi connectivity index (χ3n) is 3.14. The van der Waals surface area contributed by atoms with E-state index in [1.165, 1.54) is 13.0 Å². The summed E-state index contributed by atoms with van der Waals surface area (Å²) >= 11 is 0. The van der Waals surface area contributed by atoms with Crippen molar-refractivity contribution in [2.75, 3.05) is 13.2 Å². The molecule has 0 aromatic rings. The number of hydrogen-bond acceptors (Lipinski definition) is 7. The van der Waals surface area contributed by atoms with Crippen molar-refractivity contribution in [1.29, 1.82) is 0 Å². The molecular weight excluding hydrogens is 298 g/mol. The Morgan fingerprint density at radius 2 is 2.09 bits per heavy atom. The molecule has 1 heterocycles. The molecule has 9 heteroatoms. The van der Waals surface area contributed by atoms with E-state index in [4.69, 9.17) is 19.7 Å². The van der Waals surface area contributed by atoms with Gasteiger partial charge in [-0.25, -0.2) is 4.79 Å². The Morgan fingerprint density at radius 1 is 1.45 bits per heavy atom.